The van der Waals surface area contributed by atoms with Gasteiger partial charge in [0, 0.05) is 19.3 Å². The highest BCUT2D eigenvalue weighted by Crippen LogP contribution is 2.27. The van der Waals surface area contributed by atoms with Crippen LogP contribution in [0.2, 0.25) is 0 Å². The SMILES string of the molecule is Cc1ccccc1C(C(=O)N1CCCC1)n1cnc(NC(=O)C(COCc2ccccc2)NC(=O)C(C)(C)N)c1. The molecule has 2 aromatic carbocycles. The second kappa shape index (κ2) is 12.9. The molecule has 1 aromatic heterocycles. The van der Waals surface area contributed by atoms with Gasteiger partial charge in [0.25, 0.3) is 5.91 Å². The number of carbonyl (C=O) groups is 3. The normalized spacial score (nSPS) is 14.9. The zero-order valence-electron chi connectivity index (χ0n) is 23.3. The Bertz CT molecular complexity index is 1310. The number of rotatable bonds is 11. The molecule has 1 fully saturated rings. The zero-order valence-corrected chi connectivity index (χ0v) is 23.3. The molecule has 3 amide bonds. The number of benzene rings is 2. The van der Waals surface area contributed by atoms with Gasteiger partial charge in [-0.3, -0.25) is 14.4 Å². The summed E-state index contributed by atoms with van der Waals surface area (Å²) >= 11 is 0. The van der Waals surface area contributed by atoms with Crippen molar-refractivity contribution in [3.8, 4) is 0 Å². The number of hydrogen-bond acceptors (Lipinski definition) is 6. The second-order valence-electron chi connectivity index (χ2n) is 10.7. The molecular weight excluding hydrogens is 508 g/mol. The Balaban J connectivity index is 1.51. The first-order valence-electron chi connectivity index (χ1n) is 13.5. The fourth-order valence-electron chi connectivity index (χ4n) is 4.58. The van der Waals surface area contributed by atoms with Crippen LogP contribution in [0.4, 0.5) is 5.82 Å². The third-order valence-corrected chi connectivity index (χ3v) is 6.89. The van der Waals surface area contributed by atoms with Gasteiger partial charge in [0.2, 0.25) is 11.8 Å². The predicted octanol–water partition coefficient (Wildman–Crippen LogP) is 2.78. The summed E-state index contributed by atoms with van der Waals surface area (Å²) < 4.78 is 7.49. The van der Waals surface area contributed by atoms with Crippen molar-refractivity contribution in [1.29, 1.82) is 0 Å². The van der Waals surface area contributed by atoms with Crippen molar-refractivity contribution in [3.05, 3.63) is 83.8 Å². The molecule has 10 heteroatoms. The minimum absolute atomic E-state index is 0.00768. The Kier molecular flexibility index (Phi) is 9.34. The number of imidazole rings is 1. The van der Waals surface area contributed by atoms with Crippen LogP contribution in [0, 0.1) is 6.92 Å². The van der Waals surface area contributed by atoms with Crippen molar-refractivity contribution in [2.75, 3.05) is 25.0 Å². The monoisotopic (exact) mass is 546 g/mol. The van der Waals surface area contributed by atoms with Crippen LogP contribution >= 0.6 is 0 Å². The average Bonchev–Trinajstić information content (AvgIpc) is 3.62. The van der Waals surface area contributed by atoms with E-state index in [2.05, 4.69) is 15.6 Å². The molecule has 0 aliphatic carbocycles. The maximum atomic E-state index is 13.6. The van der Waals surface area contributed by atoms with Crippen LogP contribution in [0.3, 0.4) is 0 Å². The molecule has 2 atom stereocenters. The van der Waals surface area contributed by atoms with Gasteiger partial charge in [-0.05, 0) is 50.3 Å². The minimum Gasteiger partial charge on any atom is -0.374 e. The predicted molar refractivity (Wildman–Crippen MR) is 152 cm³/mol. The molecule has 2 unspecified atom stereocenters. The van der Waals surface area contributed by atoms with Gasteiger partial charge in [0.15, 0.2) is 5.82 Å². The maximum Gasteiger partial charge on any atom is 0.250 e. The van der Waals surface area contributed by atoms with E-state index in [9.17, 15) is 14.4 Å². The summed E-state index contributed by atoms with van der Waals surface area (Å²) in [5.74, 6) is -0.745. The molecule has 0 bridgehead atoms. The highest BCUT2D eigenvalue weighted by Gasteiger charge is 2.31. The van der Waals surface area contributed by atoms with Crippen LogP contribution in [0.1, 0.15) is 49.4 Å². The summed E-state index contributed by atoms with van der Waals surface area (Å²) in [6.45, 7) is 6.75. The lowest BCUT2D eigenvalue weighted by atomic mass is 10.00. The number of nitrogens with zero attached hydrogens (tertiary/aromatic N) is 3. The summed E-state index contributed by atoms with van der Waals surface area (Å²) in [6, 6.07) is 15.7. The maximum absolute atomic E-state index is 13.6. The number of hydrogen-bond donors (Lipinski definition) is 3. The van der Waals surface area contributed by atoms with E-state index in [-0.39, 0.29) is 24.9 Å². The van der Waals surface area contributed by atoms with Crippen molar-refractivity contribution in [2.24, 2.45) is 5.73 Å². The van der Waals surface area contributed by atoms with E-state index in [0.29, 0.717) is 0 Å². The standard InChI is InChI=1S/C30H38N6O4/c1-21-11-7-8-14-23(21)26(28(38)35-15-9-10-16-35)36-17-25(32-20-36)34-27(37)24(33-29(39)30(2,3)31)19-40-18-22-12-5-4-6-13-22/h4-8,11-14,17,20,24,26H,9-10,15-16,18-19,31H2,1-3H3,(H,33,39)(H,34,37). The van der Waals surface area contributed by atoms with Crippen LogP contribution in [0.15, 0.2) is 67.1 Å². The van der Waals surface area contributed by atoms with E-state index in [1.165, 1.54) is 0 Å². The van der Waals surface area contributed by atoms with Crippen molar-refractivity contribution in [3.63, 3.8) is 0 Å². The van der Waals surface area contributed by atoms with Gasteiger partial charge >= 0.3 is 0 Å². The largest absolute Gasteiger partial charge is 0.374 e. The van der Waals surface area contributed by atoms with Gasteiger partial charge in [0.05, 0.1) is 25.1 Å². The Morgan fingerprint density at radius 1 is 1.05 bits per heavy atom. The lowest BCUT2D eigenvalue weighted by molar-refractivity contribution is -0.132. The molecule has 1 aliphatic rings. The summed E-state index contributed by atoms with van der Waals surface area (Å²) in [5, 5.41) is 5.45. The topological polar surface area (TPSA) is 132 Å². The van der Waals surface area contributed by atoms with Crippen molar-refractivity contribution < 1.29 is 19.1 Å². The number of likely N-dealkylation sites (tertiary alicyclic amines) is 1. The van der Waals surface area contributed by atoms with Gasteiger partial charge in [-0.15, -0.1) is 0 Å². The quantitative estimate of drug-likeness (QED) is 0.339. The second-order valence-corrected chi connectivity index (χ2v) is 10.7. The Morgan fingerprint density at radius 3 is 2.40 bits per heavy atom. The number of nitrogens with two attached hydrogens (primary N) is 1. The van der Waals surface area contributed by atoms with Gasteiger partial charge < -0.3 is 30.6 Å². The van der Waals surface area contributed by atoms with E-state index in [1.54, 1.807) is 30.9 Å². The Labute approximate surface area is 234 Å². The number of aromatic nitrogens is 2. The first-order valence-corrected chi connectivity index (χ1v) is 13.5. The van der Waals surface area contributed by atoms with Crippen molar-refractivity contribution in [1.82, 2.24) is 19.8 Å². The number of nitrogens with one attached hydrogen (secondary N) is 2. The van der Waals surface area contributed by atoms with Crippen molar-refractivity contribution in [2.45, 2.75) is 57.8 Å². The third kappa shape index (κ3) is 7.34. The lowest BCUT2D eigenvalue weighted by Gasteiger charge is -2.25. The number of ether oxygens (including phenoxy) is 1. The molecular formula is C30H38N6O4. The number of amides is 3. The third-order valence-electron chi connectivity index (χ3n) is 6.89. The molecule has 4 rings (SSSR count). The van der Waals surface area contributed by atoms with Gasteiger partial charge in [-0.2, -0.15) is 0 Å². The van der Waals surface area contributed by atoms with E-state index in [1.807, 2.05) is 66.4 Å². The van der Waals surface area contributed by atoms with Crippen LogP contribution in [-0.4, -0.2) is 63.4 Å². The lowest BCUT2D eigenvalue weighted by Crippen LogP contribution is -2.56. The van der Waals surface area contributed by atoms with Crippen LogP contribution < -0.4 is 16.4 Å². The van der Waals surface area contributed by atoms with E-state index < -0.39 is 29.4 Å². The molecule has 2 heterocycles. The molecule has 0 saturated carbocycles. The Morgan fingerprint density at radius 2 is 1.73 bits per heavy atom. The molecule has 0 spiro atoms. The first kappa shape index (κ1) is 29.0. The van der Waals surface area contributed by atoms with Gasteiger partial charge in [0.1, 0.15) is 12.1 Å². The zero-order chi connectivity index (χ0) is 28.7. The molecule has 4 N–H and O–H groups in total. The average molecular weight is 547 g/mol. The molecule has 40 heavy (non-hydrogen) atoms. The van der Waals surface area contributed by atoms with Crippen molar-refractivity contribution >= 4 is 23.5 Å². The van der Waals surface area contributed by atoms with E-state index in [4.69, 9.17) is 10.5 Å². The van der Waals surface area contributed by atoms with E-state index >= 15 is 0 Å². The highest BCUT2D eigenvalue weighted by molar-refractivity contribution is 5.98. The fourth-order valence-corrected chi connectivity index (χ4v) is 4.58. The van der Waals surface area contributed by atoms with Gasteiger partial charge in [-0.1, -0.05) is 54.6 Å². The summed E-state index contributed by atoms with van der Waals surface area (Å²) in [4.78, 5) is 45.7. The minimum atomic E-state index is -1.18. The smallest absolute Gasteiger partial charge is 0.250 e. The number of carbonyl (C=O) groups excluding carboxylic acids is 3. The summed E-state index contributed by atoms with van der Waals surface area (Å²) in [6.07, 6.45) is 5.15. The van der Waals surface area contributed by atoms with Crippen LogP contribution in [0.5, 0.6) is 0 Å². The van der Waals surface area contributed by atoms with E-state index in [0.717, 1.165) is 42.6 Å². The van der Waals surface area contributed by atoms with Crippen LogP contribution in [-0.2, 0) is 25.7 Å². The first-order chi connectivity index (χ1) is 19.1. The summed E-state index contributed by atoms with van der Waals surface area (Å²) in [7, 11) is 0. The highest BCUT2D eigenvalue weighted by atomic mass is 16.5. The van der Waals surface area contributed by atoms with Gasteiger partial charge in [-0.25, -0.2) is 4.98 Å². The molecule has 212 valence electrons. The molecule has 0 radical (unpaired) electrons. The molecule has 1 saturated heterocycles. The molecule has 10 nitrogen and oxygen atoms in total. The summed E-state index contributed by atoms with van der Waals surface area (Å²) in [5.41, 5.74) is 7.57. The molecule has 3 aromatic rings. The fraction of sp³-hybridized carbons (Fsp3) is 0.400. The van der Waals surface area contributed by atoms with Crippen LogP contribution in [0.25, 0.3) is 0 Å². The Hall–Kier alpha value is -4.02. The number of anilines is 1. The number of aryl methyl sites for hydroxylation is 1. The molecule has 1 aliphatic heterocycles.